The molecule has 0 saturated carbocycles. The lowest BCUT2D eigenvalue weighted by molar-refractivity contribution is -0.118. The average molecular weight is 499 g/mol. The summed E-state index contributed by atoms with van der Waals surface area (Å²) in [7, 11) is 0. The summed E-state index contributed by atoms with van der Waals surface area (Å²) < 4.78 is 45.7. The van der Waals surface area contributed by atoms with E-state index in [0.29, 0.717) is 40.0 Å². The molecule has 180 valence electrons. The predicted molar refractivity (Wildman–Crippen MR) is 126 cm³/mol. The van der Waals surface area contributed by atoms with Crippen molar-refractivity contribution in [2.45, 2.75) is 39.3 Å². The summed E-state index contributed by atoms with van der Waals surface area (Å²) in [6.07, 6.45) is 2.35. The monoisotopic (exact) mass is 498 g/mol. The van der Waals surface area contributed by atoms with Crippen LogP contribution in [0.25, 0.3) is 6.08 Å². The van der Waals surface area contributed by atoms with Crippen molar-refractivity contribution in [1.82, 2.24) is 4.57 Å². The van der Waals surface area contributed by atoms with Crippen LogP contribution in [0.15, 0.2) is 69.6 Å². The predicted octanol–water partition coefficient (Wildman–Crippen LogP) is 4.34. The number of fused-ring (bicyclic) bond motifs is 1. The van der Waals surface area contributed by atoms with Gasteiger partial charge in [-0.05, 0) is 41.7 Å². The number of thiazole rings is 1. The third-order valence-corrected chi connectivity index (χ3v) is 7.09. The quantitative estimate of drug-likeness (QED) is 0.538. The van der Waals surface area contributed by atoms with Crippen molar-refractivity contribution in [3.63, 3.8) is 0 Å². The molecule has 3 aromatic rings. The summed E-state index contributed by atoms with van der Waals surface area (Å²) in [5.74, 6) is -0.582. The van der Waals surface area contributed by atoms with Gasteiger partial charge in [-0.2, -0.15) is 8.78 Å². The summed E-state index contributed by atoms with van der Waals surface area (Å²) in [6.45, 7) is 0.976. The number of hydrogen-bond acceptors (Lipinski definition) is 5. The molecule has 2 aliphatic rings. The molecule has 2 heterocycles. The first-order valence-electron chi connectivity index (χ1n) is 11.0. The molecule has 1 unspecified atom stereocenters. The van der Waals surface area contributed by atoms with E-state index in [1.807, 2.05) is 13.8 Å². The maximum atomic E-state index is 13.7. The molecule has 2 aromatic carbocycles. The Labute approximate surface area is 202 Å². The highest BCUT2D eigenvalue weighted by atomic mass is 32.1. The van der Waals surface area contributed by atoms with Crippen LogP contribution in [0.3, 0.4) is 0 Å². The number of para-hydroxylation sites is 1. The maximum Gasteiger partial charge on any atom is 0.387 e. The molecular weight excluding hydrogens is 477 g/mol. The lowest BCUT2D eigenvalue weighted by atomic mass is 9.73. The van der Waals surface area contributed by atoms with Crippen LogP contribution in [-0.2, 0) is 4.79 Å². The Morgan fingerprint density at radius 2 is 1.83 bits per heavy atom. The molecule has 1 aromatic heterocycles. The van der Waals surface area contributed by atoms with E-state index in [-0.39, 0.29) is 21.5 Å². The van der Waals surface area contributed by atoms with Crippen molar-refractivity contribution in [2.75, 3.05) is 0 Å². The lowest BCUT2D eigenvalue weighted by Gasteiger charge is -2.35. The number of hydrogen-bond donors (Lipinski definition) is 0. The van der Waals surface area contributed by atoms with Crippen molar-refractivity contribution in [1.29, 1.82) is 0 Å². The summed E-state index contributed by atoms with van der Waals surface area (Å²) in [5.41, 5.74) is 1.27. The van der Waals surface area contributed by atoms with Crippen LogP contribution in [0.2, 0.25) is 0 Å². The Hall–Kier alpha value is -3.46. The van der Waals surface area contributed by atoms with Gasteiger partial charge in [-0.15, -0.1) is 0 Å². The topological polar surface area (TPSA) is 60.7 Å². The molecule has 0 amide bonds. The van der Waals surface area contributed by atoms with Crippen molar-refractivity contribution in [3.05, 3.63) is 96.4 Å². The molecule has 1 aliphatic carbocycles. The van der Waals surface area contributed by atoms with E-state index >= 15 is 0 Å². The summed E-state index contributed by atoms with van der Waals surface area (Å²) in [6, 6.07) is 11.1. The number of carbonyl (C=O) groups is 1. The van der Waals surface area contributed by atoms with E-state index in [1.165, 1.54) is 28.8 Å². The van der Waals surface area contributed by atoms with Crippen LogP contribution in [0, 0.1) is 11.2 Å². The van der Waals surface area contributed by atoms with E-state index in [9.17, 15) is 22.8 Å². The summed E-state index contributed by atoms with van der Waals surface area (Å²) in [4.78, 5) is 31.9. The van der Waals surface area contributed by atoms with E-state index in [4.69, 9.17) is 4.99 Å². The number of aromatic nitrogens is 1. The van der Waals surface area contributed by atoms with Crippen molar-refractivity contribution in [2.24, 2.45) is 10.4 Å². The number of Topliss-reactive ketones (excluding diaryl/α,β-unsaturated/α-hetero) is 1. The third-order valence-electron chi connectivity index (χ3n) is 6.10. The number of allylic oxidation sites excluding steroid dienone is 2. The fourth-order valence-electron chi connectivity index (χ4n) is 4.65. The van der Waals surface area contributed by atoms with Crippen LogP contribution in [0.4, 0.5) is 13.2 Å². The molecule has 0 N–H and O–H groups in total. The molecule has 5 rings (SSSR count). The first-order valence-corrected chi connectivity index (χ1v) is 11.8. The standard InChI is InChI=1S/C26H21F3N2O3S/c1-26(2)12-17-21(18(32)13-26)22(14-7-9-16(27)10-8-14)31-23(33)20(35-25(31)30-17)11-15-5-3-4-6-19(15)34-24(28)29/h3-11,22,24H,12-13H2,1-2H3/b20-11+. The van der Waals surface area contributed by atoms with Gasteiger partial charge in [0.25, 0.3) is 5.56 Å². The highest BCUT2D eigenvalue weighted by molar-refractivity contribution is 7.07. The van der Waals surface area contributed by atoms with E-state index in [2.05, 4.69) is 4.74 Å². The molecule has 9 heteroatoms. The number of ketones is 1. The van der Waals surface area contributed by atoms with Gasteiger partial charge in [-0.25, -0.2) is 9.38 Å². The number of halogens is 3. The van der Waals surface area contributed by atoms with Crippen molar-refractivity contribution >= 4 is 23.2 Å². The number of benzene rings is 2. The zero-order chi connectivity index (χ0) is 24.9. The van der Waals surface area contributed by atoms with Crippen LogP contribution < -0.4 is 19.6 Å². The largest absolute Gasteiger partial charge is 0.434 e. The van der Waals surface area contributed by atoms with Gasteiger partial charge < -0.3 is 4.74 Å². The fourth-order valence-corrected chi connectivity index (χ4v) is 5.66. The van der Waals surface area contributed by atoms with Crippen molar-refractivity contribution < 1.29 is 22.7 Å². The van der Waals surface area contributed by atoms with Gasteiger partial charge in [0.1, 0.15) is 11.6 Å². The molecule has 1 aliphatic heterocycles. The van der Waals surface area contributed by atoms with Gasteiger partial charge in [-0.3, -0.25) is 14.2 Å². The third kappa shape index (κ3) is 4.36. The minimum atomic E-state index is -3.01. The summed E-state index contributed by atoms with van der Waals surface area (Å²) >= 11 is 1.11. The Balaban J connectivity index is 1.74. The number of alkyl halides is 2. The molecule has 1 atom stereocenters. The number of ether oxygens (including phenoxy) is 1. The van der Waals surface area contributed by atoms with Crippen molar-refractivity contribution in [3.8, 4) is 5.75 Å². The minimum Gasteiger partial charge on any atom is -0.434 e. The molecule has 5 nitrogen and oxygen atoms in total. The fraction of sp³-hybridized carbons (Fsp3) is 0.269. The lowest BCUT2D eigenvalue weighted by Crippen LogP contribution is -2.42. The van der Waals surface area contributed by atoms with E-state index in [0.717, 1.165) is 11.3 Å². The molecule has 0 bridgehead atoms. The average Bonchev–Trinajstić information content (AvgIpc) is 3.08. The Morgan fingerprint density at radius 1 is 1.11 bits per heavy atom. The molecule has 0 saturated heterocycles. The van der Waals surface area contributed by atoms with E-state index in [1.54, 1.807) is 30.3 Å². The number of rotatable bonds is 4. The Morgan fingerprint density at radius 3 is 2.54 bits per heavy atom. The zero-order valence-corrected chi connectivity index (χ0v) is 19.7. The second kappa shape index (κ2) is 8.64. The molecule has 35 heavy (non-hydrogen) atoms. The second-order valence-electron chi connectivity index (χ2n) is 9.35. The molecule has 0 spiro atoms. The zero-order valence-electron chi connectivity index (χ0n) is 18.9. The summed E-state index contributed by atoms with van der Waals surface area (Å²) in [5, 5.41) is 0. The Bertz CT molecular complexity index is 1530. The highest BCUT2D eigenvalue weighted by Crippen LogP contribution is 2.43. The van der Waals surface area contributed by atoms with Crippen LogP contribution in [0.5, 0.6) is 5.75 Å². The van der Waals surface area contributed by atoms with Crippen LogP contribution in [-0.4, -0.2) is 17.0 Å². The van der Waals surface area contributed by atoms with Gasteiger partial charge in [0.15, 0.2) is 10.6 Å². The molecule has 0 fully saturated rings. The second-order valence-corrected chi connectivity index (χ2v) is 10.4. The first-order chi connectivity index (χ1) is 16.6. The number of carbonyl (C=O) groups excluding carboxylic acids is 1. The molecule has 0 radical (unpaired) electrons. The van der Waals surface area contributed by atoms with Gasteiger partial charge in [0.2, 0.25) is 0 Å². The number of nitrogens with zero attached hydrogens (tertiary/aromatic N) is 2. The smallest absolute Gasteiger partial charge is 0.387 e. The minimum absolute atomic E-state index is 0.0559. The van der Waals surface area contributed by atoms with Crippen LogP contribution >= 0.6 is 11.3 Å². The Kier molecular flexibility index (Phi) is 5.75. The first kappa shape index (κ1) is 23.3. The van der Waals surface area contributed by atoms with E-state index < -0.39 is 24.0 Å². The molecular formula is C26H21F3N2O3S. The van der Waals surface area contributed by atoms with Gasteiger partial charge >= 0.3 is 6.61 Å². The maximum absolute atomic E-state index is 13.7. The van der Waals surface area contributed by atoms with Crippen LogP contribution in [0.1, 0.15) is 43.9 Å². The SMILES string of the molecule is CC1(C)CC(=O)C2=C(C1)N=c1s/c(=C/c3ccccc3OC(F)F)c(=O)n1C2c1ccc(F)cc1. The van der Waals surface area contributed by atoms with Gasteiger partial charge in [-0.1, -0.05) is 55.5 Å². The van der Waals surface area contributed by atoms with Gasteiger partial charge in [0.05, 0.1) is 16.3 Å². The van der Waals surface area contributed by atoms with Gasteiger partial charge in [0, 0.05) is 17.6 Å². The highest BCUT2D eigenvalue weighted by Gasteiger charge is 2.40. The normalized spacial score (nSPS) is 19.4.